The summed E-state index contributed by atoms with van der Waals surface area (Å²) in [5.74, 6) is 0.783. The van der Waals surface area contributed by atoms with Gasteiger partial charge in [-0.05, 0) is 55.7 Å². The maximum absolute atomic E-state index is 3.73. The molecule has 1 saturated heterocycles. The molecule has 1 fully saturated rings. The Labute approximate surface area is 98.3 Å². The van der Waals surface area contributed by atoms with Crippen molar-refractivity contribution in [3.05, 3.63) is 35.4 Å². The van der Waals surface area contributed by atoms with Crippen LogP contribution < -0.4 is 5.32 Å². The normalized spacial score (nSPS) is 29.8. The van der Waals surface area contributed by atoms with Crippen LogP contribution in [-0.4, -0.2) is 12.6 Å². The van der Waals surface area contributed by atoms with Crippen LogP contribution in [0.5, 0.6) is 0 Å². The molecule has 0 bridgehead atoms. The Kier molecular flexibility index (Phi) is 2.96. The van der Waals surface area contributed by atoms with Crippen LogP contribution in [0.3, 0.4) is 0 Å². The van der Waals surface area contributed by atoms with Gasteiger partial charge in [0.2, 0.25) is 0 Å². The highest BCUT2D eigenvalue weighted by Gasteiger charge is 2.28. The van der Waals surface area contributed by atoms with E-state index in [0.29, 0.717) is 0 Å². The van der Waals surface area contributed by atoms with E-state index in [2.05, 4.69) is 29.6 Å². The minimum atomic E-state index is 0.746. The highest BCUT2D eigenvalue weighted by atomic mass is 14.9. The lowest BCUT2D eigenvalue weighted by Crippen LogP contribution is -2.39. The number of hydrogen-bond donors (Lipinski definition) is 1. The van der Waals surface area contributed by atoms with Crippen molar-refractivity contribution >= 4 is 0 Å². The van der Waals surface area contributed by atoms with Crippen molar-refractivity contribution in [1.82, 2.24) is 5.32 Å². The Balaban J connectivity index is 1.86. The Bertz CT molecular complexity index is 352. The summed E-state index contributed by atoms with van der Waals surface area (Å²) in [6.07, 6.45) is 8.20. The Morgan fingerprint density at radius 2 is 1.94 bits per heavy atom. The lowest BCUT2D eigenvalue weighted by Gasteiger charge is -2.35. The Hall–Kier alpha value is -0.820. The molecule has 1 nitrogen and oxygen atoms in total. The predicted octanol–water partition coefficient (Wildman–Crippen LogP) is 3.25. The zero-order valence-electron chi connectivity index (χ0n) is 9.91. The molecule has 0 saturated carbocycles. The first-order chi connectivity index (χ1) is 7.95. The van der Waals surface area contributed by atoms with Gasteiger partial charge in [-0.15, -0.1) is 0 Å². The van der Waals surface area contributed by atoms with Gasteiger partial charge in [0.25, 0.3) is 0 Å². The molecule has 2 unspecified atom stereocenters. The van der Waals surface area contributed by atoms with Crippen molar-refractivity contribution in [2.75, 3.05) is 6.54 Å². The van der Waals surface area contributed by atoms with E-state index in [1.165, 1.54) is 45.1 Å². The van der Waals surface area contributed by atoms with E-state index in [9.17, 15) is 0 Å². The molecule has 1 heterocycles. The van der Waals surface area contributed by atoms with Crippen LogP contribution in [0.2, 0.25) is 0 Å². The van der Waals surface area contributed by atoms with E-state index in [1.807, 2.05) is 0 Å². The van der Waals surface area contributed by atoms with E-state index < -0.39 is 0 Å². The smallest absolute Gasteiger partial charge is 0.0136 e. The van der Waals surface area contributed by atoms with Crippen LogP contribution >= 0.6 is 0 Å². The number of benzene rings is 1. The van der Waals surface area contributed by atoms with Crippen LogP contribution in [-0.2, 0) is 6.42 Å². The van der Waals surface area contributed by atoms with Crippen LogP contribution in [0.1, 0.15) is 49.1 Å². The van der Waals surface area contributed by atoms with Gasteiger partial charge in [-0.3, -0.25) is 0 Å². The summed E-state index contributed by atoms with van der Waals surface area (Å²) in [5.41, 5.74) is 3.24. The number of piperidine rings is 1. The molecule has 0 spiro atoms. The maximum Gasteiger partial charge on any atom is 0.0136 e. The Morgan fingerprint density at radius 3 is 2.81 bits per heavy atom. The summed E-state index contributed by atoms with van der Waals surface area (Å²) >= 11 is 0. The van der Waals surface area contributed by atoms with Gasteiger partial charge in [0.15, 0.2) is 0 Å². The molecular formula is C15H21N. The third kappa shape index (κ3) is 1.89. The number of fused-ring (bicyclic) bond motifs is 1. The van der Waals surface area contributed by atoms with Gasteiger partial charge >= 0.3 is 0 Å². The minimum absolute atomic E-state index is 0.746. The molecule has 1 heteroatoms. The van der Waals surface area contributed by atoms with E-state index in [1.54, 1.807) is 11.1 Å². The van der Waals surface area contributed by atoms with Gasteiger partial charge in [0, 0.05) is 6.04 Å². The molecule has 1 aliphatic carbocycles. The summed E-state index contributed by atoms with van der Waals surface area (Å²) < 4.78 is 0. The summed E-state index contributed by atoms with van der Waals surface area (Å²) in [6, 6.07) is 9.82. The van der Waals surface area contributed by atoms with Gasteiger partial charge in [-0.25, -0.2) is 0 Å². The van der Waals surface area contributed by atoms with Crippen molar-refractivity contribution in [2.24, 2.45) is 0 Å². The van der Waals surface area contributed by atoms with Gasteiger partial charge in [0.05, 0.1) is 0 Å². The number of nitrogens with one attached hydrogen (secondary N) is 1. The molecule has 86 valence electrons. The standard InChI is InChI=1S/C15H21N/c1-2-8-13-12(6-1)7-5-9-14(13)15-10-3-4-11-16-15/h1-2,6,8,14-16H,3-5,7,9-11H2. The molecule has 2 atom stereocenters. The zero-order chi connectivity index (χ0) is 10.8. The largest absolute Gasteiger partial charge is 0.313 e. The lowest BCUT2D eigenvalue weighted by molar-refractivity contribution is 0.327. The maximum atomic E-state index is 3.73. The average Bonchev–Trinajstić information content (AvgIpc) is 2.39. The summed E-state index contributed by atoms with van der Waals surface area (Å²) in [6.45, 7) is 1.23. The van der Waals surface area contributed by atoms with Crippen molar-refractivity contribution in [3.8, 4) is 0 Å². The minimum Gasteiger partial charge on any atom is -0.313 e. The molecular weight excluding hydrogens is 194 g/mol. The number of aryl methyl sites for hydroxylation is 1. The first kappa shape index (κ1) is 10.3. The zero-order valence-corrected chi connectivity index (χ0v) is 9.91. The van der Waals surface area contributed by atoms with Crippen LogP contribution in [0.4, 0.5) is 0 Å². The fourth-order valence-electron chi connectivity index (χ4n) is 3.43. The third-order valence-electron chi connectivity index (χ3n) is 4.25. The second kappa shape index (κ2) is 4.58. The fraction of sp³-hybridized carbons (Fsp3) is 0.600. The first-order valence-corrected chi connectivity index (χ1v) is 6.76. The Morgan fingerprint density at radius 1 is 1.00 bits per heavy atom. The topological polar surface area (TPSA) is 12.0 Å². The second-order valence-electron chi connectivity index (χ2n) is 5.25. The third-order valence-corrected chi connectivity index (χ3v) is 4.25. The van der Waals surface area contributed by atoms with Gasteiger partial charge in [0.1, 0.15) is 0 Å². The van der Waals surface area contributed by atoms with E-state index in [0.717, 1.165) is 12.0 Å². The molecule has 0 radical (unpaired) electrons. The average molecular weight is 215 g/mol. The van der Waals surface area contributed by atoms with E-state index in [-0.39, 0.29) is 0 Å². The highest BCUT2D eigenvalue weighted by molar-refractivity contribution is 5.33. The predicted molar refractivity (Wildman–Crippen MR) is 67.8 cm³/mol. The van der Waals surface area contributed by atoms with Crippen molar-refractivity contribution in [3.63, 3.8) is 0 Å². The highest BCUT2D eigenvalue weighted by Crippen LogP contribution is 2.36. The quantitative estimate of drug-likeness (QED) is 0.758. The van der Waals surface area contributed by atoms with Gasteiger partial charge in [-0.2, -0.15) is 0 Å². The van der Waals surface area contributed by atoms with Crippen LogP contribution in [0.15, 0.2) is 24.3 Å². The number of rotatable bonds is 1. The number of hydrogen-bond acceptors (Lipinski definition) is 1. The van der Waals surface area contributed by atoms with E-state index >= 15 is 0 Å². The monoisotopic (exact) mass is 215 g/mol. The summed E-state index contributed by atoms with van der Waals surface area (Å²) in [5, 5.41) is 3.73. The molecule has 1 aromatic rings. The molecule has 0 aromatic heterocycles. The van der Waals surface area contributed by atoms with Crippen molar-refractivity contribution < 1.29 is 0 Å². The second-order valence-corrected chi connectivity index (χ2v) is 5.25. The SMILES string of the molecule is c1ccc2c(c1)CCCC2C1CCCCN1. The molecule has 0 amide bonds. The van der Waals surface area contributed by atoms with Crippen molar-refractivity contribution in [1.29, 1.82) is 0 Å². The molecule has 1 aliphatic heterocycles. The first-order valence-electron chi connectivity index (χ1n) is 6.76. The van der Waals surface area contributed by atoms with Gasteiger partial charge < -0.3 is 5.32 Å². The molecule has 1 aromatic carbocycles. The fourth-order valence-corrected chi connectivity index (χ4v) is 3.43. The molecule has 2 aliphatic rings. The van der Waals surface area contributed by atoms with E-state index in [4.69, 9.17) is 0 Å². The van der Waals surface area contributed by atoms with Gasteiger partial charge in [-0.1, -0.05) is 30.7 Å². The van der Waals surface area contributed by atoms with Crippen LogP contribution in [0, 0.1) is 0 Å². The summed E-state index contributed by atoms with van der Waals surface area (Å²) in [4.78, 5) is 0. The summed E-state index contributed by atoms with van der Waals surface area (Å²) in [7, 11) is 0. The van der Waals surface area contributed by atoms with Crippen molar-refractivity contribution in [2.45, 2.75) is 50.5 Å². The lowest BCUT2D eigenvalue weighted by atomic mass is 9.76. The molecule has 3 rings (SSSR count). The molecule has 1 N–H and O–H groups in total. The van der Waals surface area contributed by atoms with Crippen LogP contribution in [0.25, 0.3) is 0 Å². The molecule has 16 heavy (non-hydrogen) atoms.